The zero-order chi connectivity index (χ0) is 28.4. The van der Waals surface area contributed by atoms with E-state index in [2.05, 4.69) is 10.3 Å². The second-order valence-corrected chi connectivity index (χ2v) is 9.84. The Hall–Kier alpha value is -4.44. The van der Waals surface area contributed by atoms with Crippen LogP contribution in [0.5, 0.6) is 0 Å². The maximum absolute atomic E-state index is 14.3. The highest BCUT2D eigenvalue weighted by Crippen LogP contribution is 2.36. The zero-order valence-corrected chi connectivity index (χ0v) is 21.8. The second-order valence-electron chi connectivity index (χ2n) is 9.84. The monoisotopic (exact) mass is 548 g/mol. The molecule has 0 amide bonds. The molecule has 7 nitrogen and oxygen atoms in total. The van der Waals surface area contributed by atoms with E-state index in [1.807, 2.05) is 18.4 Å². The van der Waals surface area contributed by atoms with Crippen molar-refractivity contribution in [2.75, 3.05) is 5.32 Å². The number of rotatable bonds is 7. The summed E-state index contributed by atoms with van der Waals surface area (Å²) in [6, 6.07) is 12.6. The van der Waals surface area contributed by atoms with Gasteiger partial charge in [-0.15, -0.1) is 0 Å². The van der Waals surface area contributed by atoms with Crippen LogP contribution in [0.15, 0.2) is 66.9 Å². The van der Waals surface area contributed by atoms with Crippen molar-refractivity contribution in [1.82, 2.24) is 14.5 Å². The number of aromatic nitrogens is 3. The van der Waals surface area contributed by atoms with Gasteiger partial charge in [0, 0.05) is 41.9 Å². The van der Waals surface area contributed by atoms with Crippen molar-refractivity contribution in [2.45, 2.75) is 44.8 Å². The minimum atomic E-state index is -0.793. The first-order chi connectivity index (χ1) is 19.2. The van der Waals surface area contributed by atoms with E-state index in [9.17, 15) is 23.1 Å². The summed E-state index contributed by atoms with van der Waals surface area (Å²) in [5, 5.41) is 12.9. The van der Waals surface area contributed by atoms with E-state index >= 15 is 0 Å². The van der Waals surface area contributed by atoms with Gasteiger partial charge in [0.15, 0.2) is 0 Å². The normalized spacial score (nSPS) is 17.4. The SMILES string of the molecule is CC(C)c1nc(-c2ccc(F)cc2)c(-c2ccnc(Nc3ccc(F)cc3F)c2)n1/C=C/[C@@H]1C[C@@H](O)CC(=O)O1. The van der Waals surface area contributed by atoms with E-state index in [0.717, 1.165) is 12.1 Å². The Balaban J connectivity index is 1.63. The van der Waals surface area contributed by atoms with Crippen LogP contribution in [-0.2, 0) is 9.53 Å². The van der Waals surface area contributed by atoms with E-state index in [4.69, 9.17) is 9.72 Å². The first kappa shape index (κ1) is 27.1. The van der Waals surface area contributed by atoms with Gasteiger partial charge in [-0.3, -0.25) is 4.79 Å². The lowest BCUT2D eigenvalue weighted by Gasteiger charge is -2.23. The number of carbonyl (C=O) groups excluding carboxylic acids is 1. The number of cyclic esters (lactones) is 1. The van der Waals surface area contributed by atoms with Crippen LogP contribution in [0.2, 0.25) is 0 Å². The molecule has 4 aromatic rings. The van der Waals surface area contributed by atoms with Crippen LogP contribution in [0, 0.1) is 17.5 Å². The number of pyridine rings is 1. The van der Waals surface area contributed by atoms with Gasteiger partial charge >= 0.3 is 5.97 Å². The quantitative estimate of drug-likeness (QED) is 0.259. The van der Waals surface area contributed by atoms with E-state index in [1.165, 1.54) is 18.2 Å². The molecule has 0 unspecified atom stereocenters. The van der Waals surface area contributed by atoms with Crippen molar-refractivity contribution < 1.29 is 27.8 Å². The number of carbonyl (C=O) groups is 1. The Morgan fingerprint density at radius 2 is 1.80 bits per heavy atom. The second kappa shape index (κ2) is 11.4. The molecule has 206 valence electrons. The summed E-state index contributed by atoms with van der Waals surface area (Å²) in [6.45, 7) is 3.96. The summed E-state index contributed by atoms with van der Waals surface area (Å²) in [5.41, 5.74) is 2.59. The van der Waals surface area contributed by atoms with Gasteiger partial charge in [-0.05, 0) is 54.6 Å². The fourth-order valence-corrected chi connectivity index (χ4v) is 4.58. The van der Waals surface area contributed by atoms with Gasteiger partial charge in [0.1, 0.15) is 35.2 Å². The molecule has 0 saturated carbocycles. The molecule has 0 aliphatic carbocycles. The highest BCUT2D eigenvalue weighted by atomic mass is 19.1. The number of halogens is 3. The van der Waals surface area contributed by atoms with E-state index in [1.54, 1.807) is 42.7 Å². The molecular formula is C30H27F3N4O3. The molecular weight excluding hydrogens is 521 g/mol. The van der Waals surface area contributed by atoms with Gasteiger partial charge in [0.2, 0.25) is 0 Å². The number of anilines is 2. The predicted octanol–water partition coefficient (Wildman–Crippen LogP) is 6.43. The number of benzene rings is 2. The van der Waals surface area contributed by atoms with Crippen LogP contribution < -0.4 is 5.32 Å². The van der Waals surface area contributed by atoms with Crippen molar-refractivity contribution >= 4 is 23.7 Å². The number of esters is 1. The molecule has 2 aromatic carbocycles. The van der Waals surface area contributed by atoms with Gasteiger partial charge in [-0.1, -0.05) is 13.8 Å². The molecule has 10 heteroatoms. The first-order valence-corrected chi connectivity index (χ1v) is 12.8. The zero-order valence-electron chi connectivity index (χ0n) is 21.8. The van der Waals surface area contributed by atoms with Crippen molar-refractivity contribution in [1.29, 1.82) is 0 Å². The number of imidazole rings is 1. The molecule has 1 aliphatic heterocycles. The molecule has 40 heavy (non-hydrogen) atoms. The molecule has 0 spiro atoms. The molecule has 1 saturated heterocycles. The summed E-state index contributed by atoms with van der Waals surface area (Å²) in [6.07, 6.45) is 3.78. The number of hydrogen-bond acceptors (Lipinski definition) is 6. The molecule has 2 atom stereocenters. The Bertz CT molecular complexity index is 1570. The van der Waals surface area contributed by atoms with Gasteiger partial charge < -0.3 is 19.7 Å². The van der Waals surface area contributed by atoms with Crippen LogP contribution >= 0.6 is 0 Å². The third kappa shape index (κ3) is 5.91. The van der Waals surface area contributed by atoms with Gasteiger partial charge in [0.25, 0.3) is 0 Å². The largest absolute Gasteiger partial charge is 0.458 e. The topological polar surface area (TPSA) is 89.3 Å². The van der Waals surface area contributed by atoms with Crippen LogP contribution in [0.4, 0.5) is 24.7 Å². The Morgan fingerprint density at radius 1 is 1.05 bits per heavy atom. The fourth-order valence-electron chi connectivity index (χ4n) is 4.58. The molecule has 0 radical (unpaired) electrons. The molecule has 3 heterocycles. The third-order valence-electron chi connectivity index (χ3n) is 6.44. The van der Waals surface area contributed by atoms with Crippen molar-refractivity contribution in [3.05, 3.63) is 90.1 Å². The summed E-state index contributed by atoms with van der Waals surface area (Å²) < 4.78 is 48.8. The van der Waals surface area contributed by atoms with Crippen LogP contribution in [0.3, 0.4) is 0 Å². The summed E-state index contributed by atoms with van der Waals surface area (Å²) >= 11 is 0. The Labute approximate surface area is 229 Å². The van der Waals surface area contributed by atoms with E-state index < -0.39 is 29.8 Å². The molecule has 0 bridgehead atoms. The lowest BCUT2D eigenvalue weighted by atomic mass is 10.0. The van der Waals surface area contributed by atoms with E-state index in [-0.39, 0.29) is 30.3 Å². The summed E-state index contributed by atoms with van der Waals surface area (Å²) in [4.78, 5) is 21.1. The van der Waals surface area contributed by atoms with Crippen LogP contribution in [-0.4, -0.2) is 37.8 Å². The molecule has 5 rings (SSSR count). The number of ether oxygens (including phenoxy) is 1. The Kier molecular flexibility index (Phi) is 7.70. The first-order valence-electron chi connectivity index (χ1n) is 12.8. The molecule has 2 aromatic heterocycles. The van der Waals surface area contributed by atoms with Crippen LogP contribution in [0.25, 0.3) is 28.7 Å². The highest BCUT2D eigenvalue weighted by Gasteiger charge is 2.26. The van der Waals surface area contributed by atoms with E-state index in [0.29, 0.717) is 34.2 Å². The number of hydrogen-bond donors (Lipinski definition) is 2. The lowest BCUT2D eigenvalue weighted by molar-refractivity contribution is -0.156. The average Bonchev–Trinajstić information content (AvgIpc) is 3.29. The molecule has 1 fully saturated rings. The minimum absolute atomic E-state index is 0.0372. The van der Waals surface area contributed by atoms with Gasteiger partial charge in [-0.25, -0.2) is 23.1 Å². The smallest absolute Gasteiger partial charge is 0.309 e. The molecule has 1 aliphatic rings. The van der Waals surface area contributed by atoms with Gasteiger partial charge in [-0.2, -0.15) is 0 Å². The maximum atomic E-state index is 14.3. The number of nitrogens with one attached hydrogen (secondary N) is 1. The van der Waals surface area contributed by atoms with Crippen molar-refractivity contribution in [2.24, 2.45) is 0 Å². The van der Waals surface area contributed by atoms with Crippen molar-refractivity contribution in [3.8, 4) is 22.5 Å². The Morgan fingerprint density at radius 3 is 2.50 bits per heavy atom. The summed E-state index contributed by atoms with van der Waals surface area (Å²) in [5.74, 6) is -1.37. The molecule has 2 N–H and O–H groups in total. The average molecular weight is 549 g/mol. The number of aliphatic hydroxyl groups is 1. The number of nitrogens with zero attached hydrogens (tertiary/aromatic N) is 3. The minimum Gasteiger partial charge on any atom is -0.458 e. The van der Waals surface area contributed by atoms with Gasteiger partial charge in [0.05, 0.1) is 29.6 Å². The standard InChI is InChI=1S/C30H27F3N4O3/c1-17(2)30-36-28(18-3-5-20(31)6-4-18)29(37(30)12-10-23-15-22(38)16-27(39)40-23)19-9-11-34-26(13-19)35-25-8-7-21(32)14-24(25)33/h3-14,17,22-23,38H,15-16H2,1-2H3,(H,34,35)/b12-10+/t22-,23-/m1/s1. The summed E-state index contributed by atoms with van der Waals surface area (Å²) in [7, 11) is 0. The van der Waals surface area contributed by atoms with Crippen molar-refractivity contribution in [3.63, 3.8) is 0 Å². The third-order valence-corrected chi connectivity index (χ3v) is 6.44. The fraction of sp³-hybridized carbons (Fsp3) is 0.233. The highest BCUT2D eigenvalue weighted by molar-refractivity contribution is 5.82. The number of aliphatic hydroxyl groups excluding tert-OH is 1. The lowest BCUT2D eigenvalue weighted by Crippen LogP contribution is -2.31. The predicted molar refractivity (Wildman–Crippen MR) is 145 cm³/mol. The maximum Gasteiger partial charge on any atom is 0.309 e. The van der Waals surface area contributed by atoms with Crippen LogP contribution in [0.1, 0.15) is 38.4 Å².